The van der Waals surface area contributed by atoms with E-state index in [-0.39, 0.29) is 0 Å². The summed E-state index contributed by atoms with van der Waals surface area (Å²) in [7, 11) is 0. The summed E-state index contributed by atoms with van der Waals surface area (Å²) in [4.78, 5) is 4.53. The second kappa shape index (κ2) is 7.76. The van der Waals surface area contributed by atoms with Crippen LogP contribution in [0, 0.1) is 0 Å². The van der Waals surface area contributed by atoms with Gasteiger partial charge in [0.15, 0.2) is 0 Å². The van der Waals surface area contributed by atoms with Crippen LogP contribution in [0.15, 0.2) is 5.38 Å². The summed E-state index contributed by atoms with van der Waals surface area (Å²) in [5.74, 6) is 0. The van der Waals surface area contributed by atoms with Gasteiger partial charge in [-0.05, 0) is 19.9 Å². The van der Waals surface area contributed by atoms with E-state index in [0.717, 1.165) is 23.7 Å². The molecule has 1 heterocycles. The lowest BCUT2D eigenvalue weighted by Gasteiger charge is -2.11. The van der Waals surface area contributed by atoms with Crippen molar-refractivity contribution in [2.75, 3.05) is 6.54 Å². The Hall–Kier alpha value is -0.450. The van der Waals surface area contributed by atoms with E-state index in [4.69, 9.17) is 5.73 Å². The highest BCUT2D eigenvalue weighted by Gasteiger charge is 2.04. The van der Waals surface area contributed by atoms with Crippen molar-refractivity contribution in [3.63, 3.8) is 0 Å². The molecular formula is C12H23N3S. The van der Waals surface area contributed by atoms with Crippen molar-refractivity contribution in [2.24, 2.45) is 5.73 Å². The summed E-state index contributed by atoms with van der Waals surface area (Å²) in [5.41, 5.74) is 6.65. The minimum atomic E-state index is 0.583. The Labute approximate surface area is 102 Å². The van der Waals surface area contributed by atoms with E-state index in [1.165, 1.54) is 19.3 Å². The molecule has 0 aliphatic heterocycles. The van der Waals surface area contributed by atoms with Crippen molar-refractivity contribution >= 4 is 11.3 Å². The first-order valence-electron chi connectivity index (χ1n) is 6.13. The number of hydrogen-bond donors (Lipinski definition) is 2. The molecule has 1 atom stereocenters. The molecule has 0 amide bonds. The van der Waals surface area contributed by atoms with Crippen LogP contribution in [0.3, 0.4) is 0 Å². The molecule has 4 heteroatoms. The lowest BCUT2D eigenvalue weighted by molar-refractivity contribution is 0.492. The minimum absolute atomic E-state index is 0.583. The quantitative estimate of drug-likeness (QED) is 0.734. The Bertz CT molecular complexity index is 286. The minimum Gasteiger partial charge on any atom is -0.330 e. The lowest BCUT2D eigenvalue weighted by Crippen LogP contribution is -2.25. The van der Waals surface area contributed by atoms with Gasteiger partial charge in [-0.1, -0.05) is 19.8 Å². The number of aromatic nitrogens is 1. The lowest BCUT2D eigenvalue weighted by atomic mass is 10.1. The number of unbranched alkanes of at least 4 members (excludes halogenated alkanes) is 1. The van der Waals surface area contributed by atoms with Gasteiger partial charge in [0.05, 0.1) is 10.7 Å². The molecular weight excluding hydrogens is 218 g/mol. The molecule has 3 N–H and O–H groups in total. The molecule has 1 aromatic heterocycles. The van der Waals surface area contributed by atoms with Crippen molar-refractivity contribution in [1.29, 1.82) is 0 Å². The number of rotatable bonds is 8. The number of hydrogen-bond acceptors (Lipinski definition) is 4. The van der Waals surface area contributed by atoms with Crippen LogP contribution in [0.2, 0.25) is 0 Å². The molecule has 0 bridgehead atoms. The number of nitrogens with one attached hydrogen (secondary N) is 1. The summed E-state index contributed by atoms with van der Waals surface area (Å²) < 4.78 is 0. The molecule has 1 unspecified atom stereocenters. The maximum atomic E-state index is 5.50. The number of nitrogens with zero attached hydrogens (tertiary/aromatic N) is 1. The zero-order valence-electron chi connectivity index (χ0n) is 10.3. The van der Waals surface area contributed by atoms with Crippen LogP contribution < -0.4 is 11.1 Å². The molecule has 0 fully saturated rings. The fourth-order valence-electron chi connectivity index (χ4n) is 1.56. The highest BCUT2D eigenvalue weighted by atomic mass is 32.1. The smallest absolute Gasteiger partial charge is 0.0941 e. The molecule has 0 saturated carbocycles. The van der Waals surface area contributed by atoms with Crippen LogP contribution in [-0.2, 0) is 13.0 Å². The van der Waals surface area contributed by atoms with Gasteiger partial charge in [0, 0.05) is 24.4 Å². The van der Waals surface area contributed by atoms with Crippen LogP contribution in [0.4, 0.5) is 0 Å². The van der Waals surface area contributed by atoms with E-state index in [1.807, 2.05) is 0 Å². The Morgan fingerprint density at radius 3 is 3.06 bits per heavy atom. The van der Waals surface area contributed by atoms with Crippen molar-refractivity contribution < 1.29 is 0 Å². The summed E-state index contributed by atoms with van der Waals surface area (Å²) in [6, 6.07) is 0.583. The van der Waals surface area contributed by atoms with Gasteiger partial charge >= 0.3 is 0 Å². The Kier molecular flexibility index (Phi) is 6.61. The Balaban J connectivity index is 2.25. The molecule has 0 aliphatic rings. The van der Waals surface area contributed by atoms with Crippen LogP contribution in [0.25, 0.3) is 0 Å². The number of thiazole rings is 1. The summed E-state index contributed by atoms with van der Waals surface area (Å²) in [6.07, 6.45) is 4.71. The third kappa shape index (κ3) is 5.05. The van der Waals surface area contributed by atoms with Crippen molar-refractivity contribution in [1.82, 2.24) is 10.3 Å². The first-order chi connectivity index (χ1) is 7.76. The standard InChI is InChI=1S/C12H23N3S/c1-3-4-5-10(2)14-8-11-9-16-12(15-11)6-7-13/h9-10,14H,3-8,13H2,1-2H3. The van der Waals surface area contributed by atoms with Crippen molar-refractivity contribution in [3.8, 4) is 0 Å². The SMILES string of the molecule is CCCCC(C)NCc1csc(CCN)n1. The van der Waals surface area contributed by atoms with Gasteiger partial charge in [-0.25, -0.2) is 4.98 Å². The fourth-order valence-corrected chi connectivity index (χ4v) is 2.37. The third-order valence-corrected chi connectivity index (χ3v) is 3.54. The molecule has 0 saturated heterocycles. The van der Waals surface area contributed by atoms with Gasteiger partial charge in [0.2, 0.25) is 0 Å². The second-order valence-electron chi connectivity index (χ2n) is 4.20. The maximum Gasteiger partial charge on any atom is 0.0941 e. The van der Waals surface area contributed by atoms with Gasteiger partial charge in [-0.2, -0.15) is 0 Å². The van der Waals surface area contributed by atoms with Gasteiger partial charge in [-0.15, -0.1) is 11.3 Å². The summed E-state index contributed by atoms with van der Waals surface area (Å²) in [6.45, 7) is 6.04. The predicted octanol–water partition coefficient (Wildman–Crippen LogP) is 2.31. The van der Waals surface area contributed by atoms with Crippen molar-refractivity contribution in [2.45, 2.75) is 52.1 Å². The molecule has 1 aromatic rings. The van der Waals surface area contributed by atoms with Crippen LogP contribution in [0.5, 0.6) is 0 Å². The van der Waals surface area contributed by atoms with E-state index in [9.17, 15) is 0 Å². The second-order valence-corrected chi connectivity index (χ2v) is 5.14. The fraction of sp³-hybridized carbons (Fsp3) is 0.750. The van der Waals surface area contributed by atoms with Crippen LogP contribution in [-0.4, -0.2) is 17.6 Å². The first kappa shape index (κ1) is 13.6. The van der Waals surface area contributed by atoms with E-state index in [0.29, 0.717) is 12.6 Å². The molecule has 3 nitrogen and oxygen atoms in total. The van der Waals surface area contributed by atoms with Crippen LogP contribution in [0.1, 0.15) is 43.8 Å². The topological polar surface area (TPSA) is 50.9 Å². The molecule has 0 radical (unpaired) electrons. The van der Waals surface area contributed by atoms with Crippen molar-refractivity contribution in [3.05, 3.63) is 16.1 Å². The third-order valence-electron chi connectivity index (χ3n) is 2.58. The highest BCUT2D eigenvalue weighted by molar-refractivity contribution is 7.09. The number of nitrogens with two attached hydrogens (primary N) is 1. The first-order valence-corrected chi connectivity index (χ1v) is 7.01. The van der Waals surface area contributed by atoms with Gasteiger partial charge in [0.1, 0.15) is 0 Å². The van der Waals surface area contributed by atoms with E-state index in [1.54, 1.807) is 11.3 Å². The van der Waals surface area contributed by atoms with Gasteiger partial charge in [-0.3, -0.25) is 0 Å². The molecule has 16 heavy (non-hydrogen) atoms. The summed E-state index contributed by atoms with van der Waals surface area (Å²) in [5, 5.41) is 6.78. The predicted molar refractivity (Wildman–Crippen MR) is 70.7 cm³/mol. The van der Waals surface area contributed by atoms with Gasteiger partial charge in [0.25, 0.3) is 0 Å². The van der Waals surface area contributed by atoms with Crippen LogP contribution >= 0.6 is 11.3 Å². The van der Waals surface area contributed by atoms with E-state index in [2.05, 4.69) is 29.5 Å². The largest absolute Gasteiger partial charge is 0.330 e. The average molecular weight is 241 g/mol. The molecule has 1 rings (SSSR count). The zero-order valence-corrected chi connectivity index (χ0v) is 11.1. The average Bonchev–Trinajstić information content (AvgIpc) is 2.72. The summed E-state index contributed by atoms with van der Waals surface area (Å²) >= 11 is 1.71. The monoisotopic (exact) mass is 241 g/mol. The van der Waals surface area contributed by atoms with Gasteiger partial charge < -0.3 is 11.1 Å². The zero-order chi connectivity index (χ0) is 11.8. The molecule has 0 aromatic carbocycles. The Morgan fingerprint density at radius 1 is 1.56 bits per heavy atom. The Morgan fingerprint density at radius 2 is 2.38 bits per heavy atom. The normalized spacial score (nSPS) is 12.9. The highest BCUT2D eigenvalue weighted by Crippen LogP contribution is 2.10. The molecule has 92 valence electrons. The van der Waals surface area contributed by atoms with E-state index >= 15 is 0 Å². The van der Waals surface area contributed by atoms with E-state index < -0.39 is 0 Å². The molecule has 0 aliphatic carbocycles. The molecule has 0 spiro atoms. The maximum absolute atomic E-state index is 5.50.